The molecule has 5 heteroatoms. The van der Waals surface area contributed by atoms with Gasteiger partial charge >= 0.3 is 0 Å². The first-order valence-corrected chi connectivity index (χ1v) is 6.90. The summed E-state index contributed by atoms with van der Waals surface area (Å²) in [6.45, 7) is 1.80. The normalized spacial score (nSPS) is 20.7. The van der Waals surface area contributed by atoms with Crippen molar-refractivity contribution in [2.24, 2.45) is 5.73 Å². The minimum Gasteiger partial charge on any atom is -0.366 e. The van der Waals surface area contributed by atoms with Crippen molar-refractivity contribution < 1.29 is 4.79 Å². The number of hydrogen-bond donors (Lipinski definition) is 2. The molecule has 1 aliphatic heterocycles. The van der Waals surface area contributed by atoms with Gasteiger partial charge in [0.2, 0.25) is 5.91 Å². The monoisotopic (exact) mass is 299 g/mol. The number of anilines is 1. The van der Waals surface area contributed by atoms with E-state index < -0.39 is 10.8 Å². The van der Waals surface area contributed by atoms with E-state index in [9.17, 15) is 4.79 Å². The number of primary amides is 1. The Morgan fingerprint density at radius 3 is 2.71 bits per heavy atom. The Kier molecular flexibility index (Phi) is 3.18. The third-order valence-electron chi connectivity index (χ3n) is 3.65. The van der Waals surface area contributed by atoms with Gasteiger partial charge in [-0.25, -0.2) is 0 Å². The number of pyridine rings is 1. The molecule has 2 heterocycles. The molecule has 4 nitrogen and oxygen atoms in total. The highest BCUT2D eigenvalue weighted by molar-refractivity contribution is 6.32. The highest BCUT2D eigenvalue weighted by Crippen LogP contribution is 2.49. The molecule has 1 unspecified atom stereocenters. The molecule has 0 saturated carbocycles. The van der Waals surface area contributed by atoms with Gasteiger partial charge in [0, 0.05) is 34.9 Å². The third kappa shape index (κ3) is 1.99. The second kappa shape index (κ2) is 4.90. The van der Waals surface area contributed by atoms with Crippen molar-refractivity contribution in [3.05, 3.63) is 71.2 Å². The van der Waals surface area contributed by atoms with Gasteiger partial charge in [-0.15, -0.1) is 11.6 Å². The van der Waals surface area contributed by atoms with Crippen LogP contribution in [0.2, 0.25) is 0 Å². The summed E-state index contributed by atoms with van der Waals surface area (Å²) >= 11 is 6.95. The lowest BCUT2D eigenvalue weighted by molar-refractivity contribution is -0.114. The number of allylic oxidation sites excluding steroid dienone is 1. The van der Waals surface area contributed by atoms with E-state index in [-0.39, 0.29) is 0 Å². The van der Waals surface area contributed by atoms with Crippen molar-refractivity contribution in [2.75, 3.05) is 5.32 Å². The molecular formula is C16H14ClN3O. The number of halogens is 1. The summed E-state index contributed by atoms with van der Waals surface area (Å²) in [7, 11) is 0. The molecule has 3 rings (SSSR count). The van der Waals surface area contributed by atoms with E-state index in [1.54, 1.807) is 25.4 Å². The number of nitrogens with one attached hydrogen (secondary N) is 1. The summed E-state index contributed by atoms with van der Waals surface area (Å²) in [5.41, 5.74) is 8.95. The van der Waals surface area contributed by atoms with Gasteiger partial charge in [-0.2, -0.15) is 0 Å². The predicted octanol–water partition coefficient (Wildman–Crippen LogP) is 2.75. The lowest BCUT2D eigenvalue weighted by Crippen LogP contribution is -2.37. The van der Waals surface area contributed by atoms with Crippen LogP contribution in [0, 0.1) is 0 Å². The minimum absolute atomic E-state index is 0.343. The van der Waals surface area contributed by atoms with Crippen LogP contribution in [0.3, 0.4) is 0 Å². The van der Waals surface area contributed by atoms with E-state index in [1.807, 2.05) is 30.3 Å². The van der Waals surface area contributed by atoms with E-state index in [1.165, 1.54) is 0 Å². The van der Waals surface area contributed by atoms with Crippen LogP contribution in [0.5, 0.6) is 0 Å². The maximum absolute atomic E-state index is 12.0. The Morgan fingerprint density at radius 2 is 2.05 bits per heavy atom. The van der Waals surface area contributed by atoms with E-state index in [2.05, 4.69) is 10.3 Å². The number of hydrogen-bond acceptors (Lipinski definition) is 3. The molecule has 0 bridgehead atoms. The van der Waals surface area contributed by atoms with Crippen LogP contribution < -0.4 is 11.1 Å². The van der Waals surface area contributed by atoms with Crippen LogP contribution in [0.15, 0.2) is 60.1 Å². The highest BCUT2D eigenvalue weighted by Gasteiger charge is 2.44. The van der Waals surface area contributed by atoms with Crippen LogP contribution in [-0.2, 0) is 9.67 Å². The molecule has 21 heavy (non-hydrogen) atoms. The summed E-state index contributed by atoms with van der Waals surface area (Å²) in [5, 5.41) is 3.19. The van der Waals surface area contributed by atoms with Gasteiger partial charge in [0.25, 0.3) is 0 Å². The SMILES string of the molecule is CC1=C(C(N)=O)C(Cl)(c2cccnc2)c2ccccc2N1. The van der Waals surface area contributed by atoms with E-state index in [0.29, 0.717) is 16.8 Å². The molecule has 106 valence electrons. The summed E-state index contributed by atoms with van der Waals surface area (Å²) < 4.78 is 0. The summed E-state index contributed by atoms with van der Waals surface area (Å²) in [4.78, 5) is 15.0. The number of nitrogens with two attached hydrogens (primary N) is 1. The first-order valence-electron chi connectivity index (χ1n) is 6.52. The highest BCUT2D eigenvalue weighted by atomic mass is 35.5. The second-order valence-electron chi connectivity index (χ2n) is 4.94. The molecule has 1 aliphatic rings. The molecule has 1 amide bonds. The Balaban J connectivity index is 2.35. The first-order chi connectivity index (χ1) is 10.0. The zero-order valence-corrected chi connectivity index (χ0v) is 12.2. The fourth-order valence-corrected chi connectivity index (χ4v) is 3.28. The van der Waals surface area contributed by atoms with Crippen molar-refractivity contribution >= 4 is 23.2 Å². The molecule has 2 aromatic rings. The zero-order chi connectivity index (χ0) is 15.0. The summed E-state index contributed by atoms with van der Waals surface area (Å²) in [6.07, 6.45) is 3.32. The van der Waals surface area contributed by atoms with Gasteiger partial charge in [0.1, 0.15) is 4.87 Å². The average Bonchev–Trinajstić information content (AvgIpc) is 2.47. The van der Waals surface area contributed by atoms with Crippen molar-refractivity contribution in [3.63, 3.8) is 0 Å². The van der Waals surface area contributed by atoms with E-state index in [0.717, 1.165) is 11.3 Å². The van der Waals surface area contributed by atoms with Gasteiger partial charge in [0.15, 0.2) is 0 Å². The van der Waals surface area contributed by atoms with Crippen LogP contribution >= 0.6 is 11.6 Å². The molecule has 0 radical (unpaired) electrons. The maximum Gasteiger partial charge on any atom is 0.248 e. The van der Waals surface area contributed by atoms with E-state index >= 15 is 0 Å². The van der Waals surface area contributed by atoms with Crippen molar-refractivity contribution in [1.82, 2.24) is 4.98 Å². The molecule has 0 spiro atoms. The number of para-hydroxylation sites is 1. The van der Waals surface area contributed by atoms with E-state index in [4.69, 9.17) is 17.3 Å². The topological polar surface area (TPSA) is 68.0 Å². The number of fused-ring (bicyclic) bond motifs is 1. The van der Waals surface area contributed by atoms with Crippen LogP contribution in [-0.4, -0.2) is 10.9 Å². The Morgan fingerprint density at radius 1 is 1.29 bits per heavy atom. The molecule has 1 atom stereocenters. The molecule has 0 fully saturated rings. The second-order valence-corrected chi connectivity index (χ2v) is 5.50. The number of nitrogens with zero attached hydrogens (tertiary/aromatic N) is 1. The van der Waals surface area contributed by atoms with Gasteiger partial charge in [-0.1, -0.05) is 24.3 Å². The van der Waals surface area contributed by atoms with Gasteiger partial charge in [-0.05, 0) is 19.1 Å². The van der Waals surface area contributed by atoms with Gasteiger partial charge in [0.05, 0.1) is 5.57 Å². The number of alkyl halides is 1. The molecule has 0 aliphatic carbocycles. The summed E-state index contributed by atoms with van der Waals surface area (Å²) in [6, 6.07) is 11.2. The molecule has 1 aromatic carbocycles. The minimum atomic E-state index is -1.13. The quantitative estimate of drug-likeness (QED) is 0.838. The van der Waals surface area contributed by atoms with Gasteiger partial charge in [-0.3, -0.25) is 9.78 Å². The fraction of sp³-hybridized carbons (Fsp3) is 0.125. The van der Waals surface area contributed by atoms with Crippen LogP contribution in [0.4, 0.5) is 5.69 Å². The number of benzene rings is 1. The summed E-state index contributed by atoms with van der Waals surface area (Å²) in [5.74, 6) is -0.548. The average molecular weight is 300 g/mol. The lowest BCUT2D eigenvalue weighted by atomic mass is 9.80. The lowest BCUT2D eigenvalue weighted by Gasteiger charge is -2.36. The largest absolute Gasteiger partial charge is 0.366 e. The number of aromatic nitrogens is 1. The van der Waals surface area contributed by atoms with Crippen molar-refractivity contribution in [1.29, 1.82) is 0 Å². The maximum atomic E-state index is 12.0. The number of carbonyl (C=O) groups excluding carboxylic acids is 1. The Labute approximate surface area is 127 Å². The third-order valence-corrected chi connectivity index (χ3v) is 4.26. The van der Waals surface area contributed by atoms with Crippen molar-refractivity contribution in [3.8, 4) is 0 Å². The standard InChI is InChI=1S/C16H14ClN3O/c1-10-14(15(18)21)16(17,11-5-4-8-19-9-11)12-6-2-3-7-13(12)20-10/h2-9,20H,1H3,(H2,18,21). The molecule has 1 aromatic heterocycles. The zero-order valence-electron chi connectivity index (χ0n) is 11.4. The van der Waals surface area contributed by atoms with Crippen LogP contribution in [0.1, 0.15) is 18.1 Å². The molecule has 0 saturated heterocycles. The molecule has 3 N–H and O–H groups in total. The number of carbonyl (C=O) groups is 1. The number of rotatable bonds is 2. The molecular weight excluding hydrogens is 286 g/mol. The van der Waals surface area contributed by atoms with Crippen molar-refractivity contribution in [2.45, 2.75) is 11.8 Å². The smallest absolute Gasteiger partial charge is 0.248 e. The fourth-order valence-electron chi connectivity index (χ4n) is 2.77. The Bertz CT molecular complexity index is 742. The first kappa shape index (κ1) is 13.6. The number of amides is 1. The van der Waals surface area contributed by atoms with Crippen LogP contribution in [0.25, 0.3) is 0 Å². The Hall–Kier alpha value is -2.33. The predicted molar refractivity (Wildman–Crippen MR) is 82.8 cm³/mol. The van der Waals surface area contributed by atoms with Gasteiger partial charge < -0.3 is 11.1 Å².